The number of nitrogens with one attached hydrogen (secondary N) is 2. The van der Waals surface area contributed by atoms with Gasteiger partial charge < -0.3 is 14.8 Å². The zero-order valence-corrected chi connectivity index (χ0v) is 14.3. The summed E-state index contributed by atoms with van der Waals surface area (Å²) in [6, 6.07) is 15.2. The average Bonchev–Trinajstić information content (AvgIpc) is 2.98. The lowest BCUT2D eigenvalue weighted by molar-refractivity contribution is -0.139. The number of benzene rings is 2. The van der Waals surface area contributed by atoms with E-state index in [1.807, 2.05) is 48.5 Å². The average molecular weight is 359 g/mol. The molecular formula is C19H19ClN2O3. The number of hydrogen-bond donors (Lipinski definition) is 3. The van der Waals surface area contributed by atoms with E-state index in [1.54, 1.807) is 0 Å². The minimum absolute atomic E-state index is 0. The molecular weight excluding hydrogens is 340 g/mol. The number of aromatic amines is 1. The third-order valence-electron chi connectivity index (χ3n) is 4.42. The Morgan fingerprint density at radius 2 is 2.00 bits per heavy atom. The van der Waals surface area contributed by atoms with Crippen LogP contribution < -0.4 is 10.1 Å². The standard InChI is InChI=1S/C19H18N2O3.ClH/c22-19(23)18-17-14(8-9-20-18)15-10-13(6-7-16(15)21-17)24-11-12-4-2-1-3-5-12;/h1-7,10,18,20-21H,8-9,11H2,(H,22,23);1H. The zero-order valence-electron chi connectivity index (χ0n) is 13.5. The molecule has 0 fully saturated rings. The molecule has 3 aromatic rings. The topological polar surface area (TPSA) is 74.4 Å². The number of aromatic nitrogens is 1. The summed E-state index contributed by atoms with van der Waals surface area (Å²) in [6.45, 7) is 1.17. The predicted molar refractivity (Wildman–Crippen MR) is 98.4 cm³/mol. The van der Waals surface area contributed by atoms with Gasteiger partial charge in [-0.3, -0.25) is 10.1 Å². The largest absolute Gasteiger partial charge is 0.489 e. The van der Waals surface area contributed by atoms with E-state index in [1.165, 1.54) is 0 Å². The molecule has 4 rings (SSSR count). The summed E-state index contributed by atoms with van der Waals surface area (Å²) in [5.74, 6) is -0.0679. The van der Waals surface area contributed by atoms with E-state index in [-0.39, 0.29) is 12.4 Å². The van der Waals surface area contributed by atoms with Crippen LogP contribution in [0.3, 0.4) is 0 Å². The molecule has 25 heavy (non-hydrogen) atoms. The van der Waals surface area contributed by atoms with E-state index >= 15 is 0 Å². The van der Waals surface area contributed by atoms with Gasteiger partial charge in [0.05, 0.1) is 0 Å². The first kappa shape index (κ1) is 17.3. The quantitative estimate of drug-likeness (QED) is 0.668. The van der Waals surface area contributed by atoms with Crippen LogP contribution in [0, 0.1) is 0 Å². The second-order valence-electron chi connectivity index (χ2n) is 5.97. The summed E-state index contributed by atoms with van der Waals surface area (Å²) < 4.78 is 5.89. The summed E-state index contributed by atoms with van der Waals surface area (Å²) >= 11 is 0. The number of carboxylic acid groups (broad SMARTS) is 1. The number of carbonyl (C=O) groups is 1. The van der Waals surface area contributed by atoms with Crippen molar-refractivity contribution in [2.45, 2.75) is 19.1 Å². The van der Waals surface area contributed by atoms with Crippen molar-refractivity contribution in [1.29, 1.82) is 0 Å². The van der Waals surface area contributed by atoms with Crippen LogP contribution in [0.2, 0.25) is 0 Å². The molecule has 0 saturated carbocycles. The molecule has 1 aromatic heterocycles. The van der Waals surface area contributed by atoms with Crippen LogP contribution >= 0.6 is 12.4 Å². The lowest BCUT2D eigenvalue weighted by Gasteiger charge is -2.20. The maximum Gasteiger partial charge on any atom is 0.326 e. The fourth-order valence-electron chi connectivity index (χ4n) is 3.25. The van der Waals surface area contributed by atoms with Gasteiger partial charge in [-0.1, -0.05) is 30.3 Å². The Balaban J connectivity index is 0.00000182. The lowest BCUT2D eigenvalue weighted by Crippen LogP contribution is -2.34. The Morgan fingerprint density at radius 3 is 2.76 bits per heavy atom. The van der Waals surface area contributed by atoms with Crippen LogP contribution in [-0.2, 0) is 17.8 Å². The van der Waals surface area contributed by atoms with Crippen LogP contribution in [0.1, 0.15) is 22.9 Å². The molecule has 6 heteroatoms. The minimum Gasteiger partial charge on any atom is -0.489 e. The summed E-state index contributed by atoms with van der Waals surface area (Å²) in [7, 11) is 0. The van der Waals surface area contributed by atoms with Gasteiger partial charge in [-0.05, 0) is 35.7 Å². The van der Waals surface area contributed by atoms with E-state index in [9.17, 15) is 9.90 Å². The van der Waals surface area contributed by atoms with Crippen LogP contribution in [0.4, 0.5) is 0 Å². The molecule has 130 valence electrons. The van der Waals surface area contributed by atoms with Crippen LogP contribution in [0.25, 0.3) is 10.9 Å². The second-order valence-corrected chi connectivity index (χ2v) is 5.97. The second kappa shape index (κ2) is 7.17. The maximum atomic E-state index is 11.4. The van der Waals surface area contributed by atoms with Gasteiger partial charge in [-0.2, -0.15) is 0 Å². The SMILES string of the molecule is Cl.O=C(O)C1NCCc2c1[nH]c1ccc(OCc3ccccc3)cc21. The van der Waals surface area contributed by atoms with Gasteiger partial charge in [0, 0.05) is 23.1 Å². The first-order valence-electron chi connectivity index (χ1n) is 8.00. The fourth-order valence-corrected chi connectivity index (χ4v) is 3.25. The molecule has 2 aromatic carbocycles. The summed E-state index contributed by atoms with van der Waals surface area (Å²) in [5.41, 5.74) is 3.89. The van der Waals surface area contributed by atoms with Gasteiger partial charge in [-0.15, -0.1) is 12.4 Å². The van der Waals surface area contributed by atoms with Crippen LogP contribution in [-0.4, -0.2) is 22.6 Å². The highest BCUT2D eigenvalue weighted by molar-refractivity contribution is 5.89. The van der Waals surface area contributed by atoms with Crippen molar-refractivity contribution in [3.8, 4) is 5.75 Å². The Morgan fingerprint density at radius 1 is 1.20 bits per heavy atom. The fraction of sp³-hybridized carbons (Fsp3) is 0.211. The highest BCUT2D eigenvalue weighted by Crippen LogP contribution is 2.32. The monoisotopic (exact) mass is 358 g/mol. The maximum absolute atomic E-state index is 11.4. The Kier molecular flexibility index (Phi) is 4.97. The number of aliphatic carboxylic acids is 1. The normalized spacial score (nSPS) is 16.1. The smallest absolute Gasteiger partial charge is 0.326 e. The van der Waals surface area contributed by atoms with E-state index < -0.39 is 12.0 Å². The molecule has 2 heterocycles. The van der Waals surface area contributed by atoms with E-state index in [0.717, 1.165) is 39.9 Å². The number of hydrogen-bond acceptors (Lipinski definition) is 3. The van der Waals surface area contributed by atoms with Gasteiger partial charge in [-0.25, -0.2) is 0 Å². The minimum atomic E-state index is -0.858. The summed E-state index contributed by atoms with van der Waals surface area (Å²) in [4.78, 5) is 14.7. The Labute approximate surface area is 151 Å². The molecule has 3 N–H and O–H groups in total. The molecule has 0 amide bonds. The van der Waals surface area contributed by atoms with E-state index in [4.69, 9.17) is 4.74 Å². The number of H-pyrrole nitrogens is 1. The first-order valence-corrected chi connectivity index (χ1v) is 8.00. The number of ether oxygens (including phenoxy) is 1. The third kappa shape index (κ3) is 3.34. The van der Waals surface area contributed by atoms with Crippen molar-refractivity contribution in [3.63, 3.8) is 0 Å². The van der Waals surface area contributed by atoms with Crippen molar-refractivity contribution in [2.75, 3.05) is 6.54 Å². The molecule has 0 radical (unpaired) electrons. The number of halogens is 1. The predicted octanol–water partition coefficient (Wildman–Crippen LogP) is 3.44. The van der Waals surface area contributed by atoms with Crippen LogP contribution in [0.5, 0.6) is 5.75 Å². The van der Waals surface area contributed by atoms with Gasteiger partial charge in [0.15, 0.2) is 0 Å². The molecule has 0 spiro atoms. The molecule has 0 bridgehead atoms. The molecule has 0 aliphatic carbocycles. The molecule has 0 saturated heterocycles. The summed E-state index contributed by atoms with van der Waals surface area (Å²) in [6.07, 6.45) is 0.807. The van der Waals surface area contributed by atoms with Crippen molar-refractivity contribution < 1.29 is 14.6 Å². The summed E-state index contributed by atoms with van der Waals surface area (Å²) in [5, 5.41) is 13.4. The number of carboxylic acids is 1. The van der Waals surface area contributed by atoms with E-state index in [0.29, 0.717) is 13.2 Å². The third-order valence-corrected chi connectivity index (χ3v) is 4.42. The molecule has 1 aliphatic rings. The Hall–Kier alpha value is -2.50. The van der Waals surface area contributed by atoms with Crippen molar-refractivity contribution >= 4 is 29.3 Å². The molecule has 1 unspecified atom stereocenters. The Bertz CT molecular complexity index is 892. The molecule has 1 aliphatic heterocycles. The molecule has 1 atom stereocenters. The van der Waals surface area contributed by atoms with E-state index in [2.05, 4.69) is 10.3 Å². The highest BCUT2D eigenvalue weighted by atomic mass is 35.5. The first-order chi connectivity index (χ1) is 11.7. The van der Waals surface area contributed by atoms with Gasteiger partial charge in [0.25, 0.3) is 0 Å². The number of rotatable bonds is 4. The number of fused-ring (bicyclic) bond motifs is 3. The van der Waals surface area contributed by atoms with Crippen LogP contribution in [0.15, 0.2) is 48.5 Å². The molecule has 5 nitrogen and oxygen atoms in total. The lowest BCUT2D eigenvalue weighted by atomic mass is 9.99. The van der Waals surface area contributed by atoms with Gasteiger partial charge >= 0.3 is 5.97 Å². The highest BCUT2D eigenvalue weighted by Gasteiger charge is 2.28. The van der Waals surface area contributed by atoms with Crippen molar-refractivity contribution in [2.24, 2.45) is 0 Å². The van der Waals surface area contributed by atoms with Crippen molar-refractivity contribution in [3.05, 3.63) is 65.4 Å². The van der Waals surface area contributed by atoms with Crippen molar-refractivity contribution in [1.82, 2.24) is 10.3 Å². The zero-order chi connectivity index (χ0) is 16.5. The van der Waals surface area contributed by atoms with Gasteiger partial charge in [0.1, 0.15) is 18.4 Å². The van der Waals surface area contributed by atoms with Gasteiger partial charge in [0.2, 0.25) is 0 Å².